The highest BCUT2D eigenvalue weighted by molar-refractivity contribution is 6.33. The second kappa shape index (κ2) is 3.96. The molecule has 0 saturated heterocycles. The van der Waals surface area contributed by atoms with E-state index < -0.39 is 12.0 Å². The largest absolute Gasteiger partial charge is 0.506 e. The van der Waals surface area contributed by atoms with Gasteiger partial charge in [-0.25, -0.2) is 0 Å². The molecule has 0 amide bonds. The van der Waals surface area contributed by atoms with Gasteiger partial charge in [-0.1, -0.05) is 11.6 Å². The molecule has 16 heavy (non-hydrogen) atoms. The predicted molar refractivity (Wildman–Crippen MR) is 59.7 cm³/mol. The maximum atomic E-state index is 10.8. The van der Waals surface area contributed by atoms with Crippen molar-refractivity contribution in [1.82, 2.24) is 0 Å². The summed E-state index contributed by atoms with van der Waals surface area (Å²) < 4.78 is 0. The third-order valence-electron chi connectivity index (χ3n) is 2.94. The van der Waals surface area contributed by atoms with Gasteiger partial charge in [-0.05, 0) is 36.5 Å². The number of aliphatic carboxylic acids is 1. The Labute approximate surface area is 97.6 Å². The zero-order valence-electron chi connectivity index (χ0n) is 8.53. The smallest absolute Gasteiger partial charge is 0.325 e. The Morgan fingerprint density at radius 3 is 2.81 bits per heavy atom. The zero-order valence-corrected chi connectivity index (χ0v) is 9.29. The summed E-state index contributed by atoms with van der Waals surface area (Å²) in [5, 5.41) is 18.9. The summed E-state index contributed by atoms with van der Waals surface area (Å²) in [6.07, 6.45) is 2.65. The summed E-state index contributed by atoms with van der Waals surface area (Å²) in [4.78, 5) is 10.8. The molecular weight excluding hydrogens is 230 g/mol. The molecule has 0 fully saturated rings. The predicted octanol–water partition coefficient (Wildman–Crippen LogP) is 1.62. The molecular formula is C11H12ClNO3. The SMILES string of the molecule is NC(C(=O)O)c1cc2c(c(Cl)c1O)CCC2. The van der Waals surface area contributed by atoms with Gasteiger partial charge in [0, 0.05) is 5.56 Å². The zero-order chi connectivity index (χ0) is 11.9. The van der Waals surface area contributed by atoms with Crippen LogP contribution >= 0.6 is 11.6 Å². The molecule has 0 bridgehead atoms. The summed E-state index contributed by atoms with van der Waals surface area (Å²) >= 11 is 5.99. The lowest BCUT2D eigenvalue weighted by molar-refractivity contribution is -0.138. The molecule has 0 aliphatic heterocycles. The summed E-state index contributed by atoms with van der Waals surface area (Å²) in [7, 11) is 0. The van der Waals surface area contributed by atoms with Crippen LogP contribution in [0.3, 0.4) is 0 Å². The molecule has 0 spiro atoms. The Hall–Kier alpha value is -1.26. The van der Waals surface area contributed by atoms with Gasteiger partial charge in [0.05, 0.1) is 5.02 Å². The van der Waals surface area contributed by atoms with Crippen LogP contribution in [0.15, 0.2) is 6.07 Å². The third kappa shape index (κ3) is 1.64. The molecule has 1 aliphatic carbocycles. The number of carboxylic acid groups (broad SMARTS) is 1. The van der Waals surface area contributed by atoms with E-state index in [-0.39, 0.29) is 16.3 Å². The van der Waals surface area contributed by atoms with Crippen molar-refractivity contribution in [2.45, 2.75) is 25.3 Å². The Bertz CT molecular complexity index is 459. The van der Waals surface area contributed by atoms with Gasteiger partial charge in [-0.3, -0.25) is 4.79 Å². The maximum absolute atomic E-state index is 10.8. The fraction of sp³-hybridized carbons (Fsp3) is 0.364. The first-order chi connectivity index (χ1) is 7.52. The molecule has 1 aromatic rings. The van der Waals surface area contributed by atoms with Crippen molar-refractivity contribution in [1.29, 1.82) is 0 Å². The second-order valence-electron chi connectivity index (χ2n) is 3.94. The van der Waals surface area contributed by atoms with Crippen molar-refractivity contribution in [3.63, 3.8) is 0 Å². The second-order valence-corrected chi connectivity index (χ2v) is 4.31. The number of rotatable bonds is 2. The number of benzene rings is 1. The lowest BCUT2D eigenvalue weighted by Gasteiger charge is -2.13. The van der Waals surface area contributed by atoms with Gasteiger partial charge in [0.1, 0.15) is 11.8 Å². The van der Waals surface area contributed by atoms with E-state index in [0.29, 0.717) is 0 Å². The van der Waals surface area contributed by atoms with Gasteiger partial charge in [0.2, 0.25) is 0 Å². The molecule has 1 aromatic carbocycles. The fourth-order valence-corrected chi connectivity index (χ4v) is 2.40. The van der Waals surface area contributed by atoms with E-state index in [1.54, 1.807) is 6.07 Å². The number of fused-ring (bicyclic) bond motifs is 1. The van der Waals surface area contributed by atoms with Crippen LogP contribution < -0.4 is 5.73 Å². The number of aromatic hydroxyl groups is 1. The van der Waals surface area contributed by atoms with E-state index >= 15 is 0 Å². The standard InChI is InChI=1S/C11H12ClNO3/c12-8-6-3-1-2-5(6)4-7(10(8)14)9(13)11(15)16/h4,9,14H,1-3,13H2,(H,15,16). The van der Waals surface area contributed by atoms with Crippen LogP contribution in [0.2, 0.25) is 5.02 Å². The number of hydrogen-bond donors (Lipinski definition) is 3. The Morgan fingerprint density at radius 2 is 2.19 bits per heavy atom. The molecule has 0 saturated carbocycles. The number of hydrogen-bond acceptors (Lipinski definition) is 3. The van der Waals surface area contributed by atoms with Crippen LogP contribution in [0.4, 0.5) is 0 Å². The fourth-order valence-electron chi connectivity index (χ4n) is 2.07. The number of nitrogens with two attached hydrogens (primary N) is 1. The van der Waals surface area contributed by atoms with Gasteiger partial charge in [0.15, 0.2) is 0 Å². The van der Waals surface area contributed by atoms with Gasteiger partial charge in [-0.2, -0.15) is 0 Å². The molecule has 2 rings (SSSR count). The van der Waals surface area contributed by atoms with Crippen molar-refractivity contribution in [2.75, 3.05) is 0 Å². The highest BCUT2D eigenvalue weighted by Crippen LogP contribution is 2.39. The minimum Gasteiger partial charge on any atom is -0.506 e. The summed E-state index contributed by atoms with van der Waals surface area (Å²) in [5.41, 5.74) is 7.59. The minimum atomic E-state index is -1.23. The van der Waals surface area contributed by atoms with Crippen LogP contribution in [0.25, 0.3) is 0 Å². The van der Waals surface area contributed by atoms with E-state index in [2.05, 4.69) is 0 Å². The van der Waals surface area contributed by atoms with Crippen molar-refractivity contribution < 1.29 is 15.0 Å². The van der Waals surface area contributed by atoms with Crippen LogP contribution in [0, 0.1) is 0 Å². The minimum absolute atomic E-state index is 0.193. The van der Waals surface area contributed by atoms with Gasteiger partial charge >= 0.3 is 5.97 Å². The van der Waals surface area contributed by atoms with Gasteiger partial charge < -0.3 is 15.9 Å². The monoisotopic (exact) mass is 241 g/mol. The first kappa shape index (κ1) is 11.2. The van der Waals surface area contributed by atoms with Crippen LogP contribution in [-0.4, -0.2) is 16.2 Å². The molecule has 0 heterocycles. The highest BCUT2D eigenvalue weighted by Gasteiger charge is 2.25. The van der Waals surface area contributed by atoms with Crippen LogP contribution in [0.5, 0.6) is 5.75 Å². The van der Waals surface area contributed by atoms with Gasteiger partial charge in [-0.15, -0.1) is 0 Å². The Balaban J connectivity index is 2.56. The van der Waals surface area contributed by atoms with Crippen molar-refractivity contribution in [3.8, 4) is 5.75 Å². The Kier molecular flexibility index (Phi) is 2.78. The highest BCUT2D eigenvalue weighted by atomic mass is 35.5. The molecule has 1 aliphatic rings. The molecule has 86 valence electrons. The van der Waals surface area contributed by atoms with Gasteiger partial charge in [0.25, 0.3) is 0 Å². The molecule has 0 aromatic heterocycles. The molecule has 1 atom stereocenters. The van der Waals surface area contributed by atoms with E-state index in [1.807, 2.05) is 0 Å². The number of halogens is 1. The Morgan fingerprint density at radius 1 is 1.50 bits per heavy atom. The number of carboxylic acids is 1. The molecule has 4 N–H and O–H groups in total. The average Bonchev–Trinajstić information content (AvgIpc) is 2.70. The lowest BCUT2D eigenvalue weighted by Crippen LogP contribution is -2.21. The summed E-state index contributed by atoms with van der Waals surface area (Å²) in [5.74, 6) is -1.37. The molecule has 0 radical (unpaired) electrons. The van der Waals surface area contributed by atoms with Crippen molar-refractivity contribution in [3.05, 3.63) is 27.8 Å². The summed E-state index contributed by atoms with van der Waals surface area (Å²) in [6, 6.07) is 0.422. The van der Waals surface area contributed by atoms with E-state index in [0.717, 1.165) is 30.4 Å². The quantitative estimate of drug-likeness (QED) is 0.735. The first-order valence-corrected chi connectivity index (χ1v) is 5.41. The first-order valence-electron chi connectivity index (χ1n) is 5.04. The molecule has 4 nitrogen and oxygen atoms in total. The maximum Gasteiger partial charge on any atom is 0.325 e. The molecule has 5 heteroatoms. The van der Waals surface area contributed by atoms with E-state index in [1.165, 1.54) is 0 Å². The number of phenols is 1. The van der Waals surface area contributed by atoms with Crippen LogP contribution in [0.1, 0.15) is 29.2 Å². The number of carbonyl (C=O) groups is 1. The van der Waals surface area contributed by atoms with Crippen molar-refractivity contribution in [2.24, 2.45) is 5.73 Å². The van der Waals surface area contributed by atoms with E-state index in [4.69, 9.17) is 22.4 Å². The lowest BCUT2D eigenvalue weighted by atomic mass is 10.00. The topological polar surface area (TPSA) is 83.6 Å². The normalized spacial score (nSPS) is 15.9. The molecule has 1 unspecified atom stereocenters. The van der Waals surface area contributed by atoms with Crippen molar-refractivity contribution >= 4 is 17.6 Å². The van der Waals surface area contributed by atoms with Crippen LogP contribution in [-0.2, 0) is 17.6 Å². The van der Waals surface area contributed by atoms with E-state index in [9.17, 15) is 9.90 Å². The average molecular weight is 242 g/mol. The third-order valence-corrected chi connectivity index (χ3v) is 3.34. The summed E-state index contributed by atoms with van der Waals surface area (Å²) in [6.45, 7) is 0. The number of aryl methyl sites for hydroxylation is 1. The number of phenolic OH excluding ortho intramolecular Hbond substituents is 1.